The lowest BCUT2D eigenvalue weighted by Gasteiger charge is -2.12. The summed E-state index contributed by atoms with van der Waals surface area (Å²) in [6.07, 6.45) is -4.44. The van der Waals surface area contributed by atoms with Crippen LogP contribution in [0.4, 0.5) is 18.9 Å². The normalized spacial score (nSPS) is 11.4. The maximum Gasteiger partial charge on any atom is 0.417 e. The molecule has 19 heavy (non-hydrogen) atoms. The highest BCUT2D eigenvalue weighted by Crippen LogP contribution is 2.36. The lowest BCUT2D eigenvalue weighted by Crippen LogP contribution is -2.07. The summed E-state index contributed by atoms with van der Waals surface area (Å²) in [6, 6.07) is 13.2. The Hall–Kier alpha value is -1.68. The molecule has 0 amide bonds. The molecule has 1 N–H and O–H groups in total. The fourth-order valence-electron chi connectivity index (χ4n) is 1.65. The SMILES string of the molecule is FC(F)(F)c1cc(NCc2ccccc2)ccc1Cl. The number of nitrogens with one attached hydrogen (secondary N) is 1. The number of hydrogen-bond donors (Lipinski definition) is 1. The van der Waals surface area contributed by atoms with Crippen LogP contribution in [0.2, 0.25) is 5.02 Å². The van der Waals surface area contributed by atoms with E-state index in [-0.39, 0.29) is 5.02 Å². The molecule has 0 atom stereocenters. The van der Waals surface area contributed by atoms with Crippen LogP contribution < -0.4 is 5.32 Å². The molecule has 0 unspecified atom stereocenters. The first kappa shape index (κ1) is 13.7. The summed E-state index contributed by atoms with van der Waals surface area (Å²) >= 11 is 5.55. The summed E-state index contributed by atoms with van der Waals surface area (Å²) in [7, 11) is 0. The quantitative estimate of drug-likeness (QED) is 0.839. The molecule has 0 spiro atoms. The first-order valence-electron chi connectivity index (χ1n) is 5.61. The van der Waals surface area contributed by atoms with Gasteiger partial charge in [0.15, 0.2) is 0 Å². The monoisotopic (exact) mass is 285 g/mol. The average molecular weight is 286 g/mol. The van der Waals surface area contributed by atoms with Crippen molar-refractivity contribution in [3.05, 3.63) is 64.7 Å². The van der Waals surface area contributed by atoms with E-state index in [2.05, 4.69) is 5.32 Å². The standard InChI is InChI=1S/C14H11ClF3N/c15-13-7-6-11(8-12(13)14(16,17)18)19-9-10-4-2-1-3-5-10/h1-8,19H,9H2. The molecule has 0 aliphatic rings. The Morgan fingerprint density at radius 2 is 1.68 bits per heavy atom. The predicted molar refractivity (Wildman–Crippen MR) is 70.2 cm³/mol. The maximum atomic E-state index is 12.7. The van der Waals surface area contributed by atoms with Crippen LogP contribution in [0.3, 0.4) is 0 Å². The van der Waals surface area contributed by atoms with Crippen LogP contribution in [0.1, 0.15) is 11.1 Å². The Balaban J connectivity index is 2.14. The summed E-state index contributed by atoms with van der Waals surface area (Å²) in [6.45, 7) is 0.458. The largest absolute Gasteiger partial charge is 0.417 e. The minimum atomic E-state index is -4.44. The molecule has 0 aromatic heterocycles. The highest BCUT2D eigenvalue weighted by Gasteiger charge is 2.33. The van der Waals surface area contributed by atoms with Gasteiger partial charge in [-0.05, 0) is 23.8 Å². The van der Waals surface area contributed by atoms with Crippen molar-refractivity contribution in [2.24, 2.45) is 0 Å². The molecule has 2 rings (SSSR count). The fourth-order valence-corrected chi connectivity index (χ4v) is 1.88. The maximum absolute atomic E-state index is 12.7. The van der Waals surface area contributed by atoms with Crippen LogP contribution in [-0.4, -0.2) is 0 Å². The van der Waals surface area contributed by atoms with Gasteiger partial charge in [0.05, 0.1) is 10.6 Å². The second-order valence-electron chi connectivity index (χ2n) is 4.03. The second kappa shape index (κ2) is 5.53. The lowest BCUT2D eigenvalue weighted by atomic mass is 10.1. The molecule has 2 aromatic carbocycles. The summed E-state index contributed by atoms with van der Waals surface area (Å²) in [5.41, 5.74) is 0.554. The molecule has 2 aromatic rings. The zero-order valence-electron chi connectivity index (χ0n) is 9.84. The van der Waals surface area contributed by atoms with E-state index in [1.54, 1.807) is 0 Å². The Labute approximate surface area is 114 Å². The van der Waals surface area contributed by atoms with E-state index in [4.69, 9.17) is 11.6 Å². The van der Waals surface area contributed by atoms with E-state index in [9.17, 15) is 13.2 Å². The predicted octanol–water partition coefficient (Wildman–Crippen LogP) is 4.97. The van der Waals surface area contributed by atoms with Gasteiger partial charge in [0.2, 0.25) is 0 Å². The topological polar surface area (TPSA) is 12.0 Å². The van der Waals surface area contributed by atoms with Crippen LogP contribution in [0.5, 0.6) is 0 Å². The van der Waals surface area contributed by atoms with E-state index in [1.165, 1.54) is 12.1 Å². The Morgan fingerprint density at radius 1 is 1.00 bits per heavy atom. The van der Waals surface area contributed by atoms with Crippen molar-refractivity contribution in [2.45, 2.75) is 12.7 Å². The number of hydrogen-bond acceptors (Lipinski definition) is 1. The van der Waals surface area contributed by atoms with Gasteiger partial charge >= 0.3 is 6.18 Å². The van der Waals surface area contributed by atoms with Crippen LogP contribution >= 0.6 is 11.6 Å². The molecule has 0 bridgehead atoms. The van der Waals surface area contributed by atoms with Gasteiger partial charge in [0.25, 0.3) is 0 Å². The van der Waals surface area contributed by atoms with Crippen LogP contribution in [0.25, 0.3) is 0 Å². The molecule has 0 saturated heterocycles. The summed E-state index contributed by atoms with van der Waals surface area (Å²) in [5, 5.41) is 2.65. The molecule has 0 aliphatic heterocycles. The summed E-state index contributed by atoms with van der Waals surface area (Å²) < 4.78 is 38.0. The minimum absolute atomic E-state index is 0.294. The molecule has 0 saturated carbocycles. The molecule has 100 valence electrons. The molecule has 0 heterocycles. The van der Waals surface area contributed by atoms with Crippen molar-refractivity contribution in [2.75, 3.05) is 5.32 Å². The molecule has 0 radical (unpaired) electrons. The Morgan fingerprint density at radius 3 is 2.32 bits per heavy atom. The highest BCUT2D eigenvalue weighted by atomic mass is 35.5. The van der Waals surface area contributed by atoms with Crippen LogP contribution in [0, 0.1) is 0 Å². The third kappa shape index (κ3) is 3.64. The first-order valence-corrected chi connectivity index (χ1v) is 5.99. The van der Waals surface area contributed by atoms with Crippen LogP contribution in [0.15, 0.2) is 48.5 Å². The van der Waals surface area contributed by atoms with E-state index in [0.29, 0.717) is 12.2 Å². The van der Waals surface area contributed by atoms with Crippen molar-refractivity contribution in [3.63, 3.8) is 0 Å². The smallest absolute Gasteiger partial charge is 0.381 e. The zero-order valence-corrected chi connectivity index (χ0v) is 10.6. The molecule has 1 nitrogen and oxygen atoms in total. The molecule has 0 fully saturated rings. The number of halogens is 4. The molecular formula is C14H11ClF3N. The van der Waals surface area contributed by atoms with Gasteiger partial charge in [-0.3, -0.25) is 0 Å². The van der Waals surface area contributed by atoms with Crippen molar-refractivity contribution in [1.82, 2.24) is 0 Å². The van der Waals surface area contributed by atoms with Crippen molar-refractivity contribution in [3.8, 4) is 0 Å². The number of benzene rings is 2. The van der Waals surface area contributed by atoms with Gasteiger partial charge in [0, 0.05) is 12.2 Å². The average Bonchev–Trinajstić information content (AvgIpc) is 2.37. The molecule has 5 heteroatoms. The first-order chi connectivity index (χ1) is 8.97. The van der Waals surface area contributed by atoms with E-state index in [1.807, 2.05) is 30.3 Å². The van der Waals surface area contributed by atoms with Crippen LogP contribution in [-0.2, 0) is 12.7 Å². The van der Waals surface area contributed by atoms with E-state index in [0.717, 1.165) is 11.6 Å². The number of anilines is 1. The van der Waals surface area contributed by atoms with Gasteiger partial charge in [0.1, 0.15) is 0 Å². The van der Waals surface area contributed by atoms with Gasteiger partial charge < -0.3 is 5.32 Å². The third-order valence-electron chi connectivity index (χ3n) is 2.61. The van der Waals surface area contributed by atoms with Gasteiger partial charge in [-0.15, -0.1) is 0 Å². The summed E-state index contributed by atoms with van der Waals surface area (Å²) in [5.74, 6) is 0. The zero-order chi connectivity index (χ0) is 13.9. The Kier molecular flexibility index (Phi) is 4.00. The van der Waals surface area contributed by atoms with Gasteiger partial charge in [-0.25, -0.2) is 0 Å². The second-order valence-corrected chi connectivity index (χ2v) is 4.44. The Bertz CT molecular complexity index is 552. The van der Waals surface area contributed by atoms with Crippen molar-refractivity contribution >= 4 is 17.3 Å². The fraction of sp³-hybridized carbons (Fsp3) is 0.143. The van der Waals surface area contributed by atoms with Crippen molar-refractivity contribution < 1.29 is 13.2 Å². The van der Waals surface area contributed by atoms with Gasteiger partial charge in [-0.2, -0.15) is 13.2 Å². The van der Waals surface area contributed by atoms with Gasteiger partial charge in [-0.1, -0.05) is 41.9 Å². The number of rotatable bonds is 3. The third-order valence-corrected chi connectivity index (χ3v) is 2.94. The lowest BCUT2D eigenvalue weighted by molar-refractivity contribution is -0.137. The van der Waals surface area contributed by atoms with E-state index < -0.39 is 11.7 Å². The number of alkyl halides is 3. The highest BCUT2D eigenvalue weighted by molar-refractivity contribution is 6.31. The summed E-state index contributed by atoms with van der Waals surface area (Å²) in [4.78, 5) is 0. The van der Waals surface area contributed by atoms with Crippen molar-refractivity contribution in [1.29, 1.82) is 0 Å². The minimum Gasteiger partial charge on any atom is -0.381 e. The molecular weight excluding hydrogens is 275 g/mol. The molecule has 0 aliphatic carbocycles. The van der Waals surface area contributed by atoms with E-state index >= 15 is 0 Å².